The largest absolute Gasteiger partial charge is 0.480 e. The molecule has 0 radical (unpaired) electrons. The maximum Gasteiger partial charge on any atom is 0.341 e. The fourth-order valence-corrected chi connectivity index (χ4v) is 12.5. The number of esters is 5. The van der Waals surface area contributed by atoms with Crippen LogP contribution >= 0.6 is 21.6 Å². The Kier molecular flexibility index (Phi) is 22.7. The van der Waals surface area contributed by atoms with Gasteiger partial charge in [0.15, 0.2) is 40.7 Å². The third-order valence-electron chi connectivity index (χ3n) is 14.8. The summed E-state index contributed by atoms with van der Waals surface area (Å²) in [6.07, 6.45) is 0.834. The molecule has 1 saturated carbocycles. The van der Waals surface area contributed by atoms with E-state index >= 15 is 0 Å². The van der Waals surface area contributed by atoms with Crippen LogP contribution in [-0.2, 0) is 63.8 Å². The minimum absolute atomic E-state index is 0.0199. The number of hydrogen-bond donors (Lipinski definition) is 8. The second kappa shape index (κ2) is 28.9. The summed E-state index contributed by atoms with van der Waals surface area (Å²) in [6, 6.07) is 4.85. The van der Waals surface area contributed by atoms with Gasteiger partial charge in [0.05, 0.1) is 24.4 Å². The van der Waals surface area contributed by atoms with Crippen LogP contribution in [0.15, 0.2) is 58.1 Å². The van der Waals surface area contributed by atoms with Crippen molar-refractivity contribution >= 4 is 92.0 Å². The number of hydrogen-bond acceptors (Lipinski definition) is 23. The standard InChI is InChI=1S/C56H74N8O17S2/c1-8-10-11-12-13-16-40(68)78-45-42-41(31(4)44(45)79-51(73)30(3)9-2)46-56(76,55(7,75)52(74)80-46)37(27-54(42,6)81-32(5)65)77-39(67)17-14-25-82-83-26-15-24-58-38(66)23-22-36(50(71)72)62-48(69)33-18-20-34(21-19-33)59-28-35-29-60-47-43(61-35)49(70)64-53(57)63-47/h9,18-21,29,36-37,42,44-46,59,75-76H,8,10-17,22-28H2,1-7H3,(H,58,66)(H,62,69)(H,71,72)(H3,57,60,63,64,70)/b30-9-/t36-,37-,42?,44-,45-,46-,54-,55+,56+/m0/s1. The molecule has 1 aliphatic heterocycles. The van der Waals surface area contributed by atoms with Crippen molar-refractivity contribution in [2.75, 3.05) is 29.1 Å². The Hall–Kier alpha value is -7.10. The molecule has 0 spiro atoms. The first-order valence-electron chi connectivity index (χ1n) is 27.5. The number of aliphatic hydroxyl groups is 2. The molecule has 0 bridgehead atoms. The quantitative estimate of drug-likeness (QED) is 0.0117. The van der Waals surface area contributed by atoms with Crippen LogP contribution in [0.2, 0.25) is 0 Å². The summed E-state index contributed by atoms with van der Waals surface area (Å²) in [6.45, 7) is 10.9. The minimum atomic E-state index is -2.69. The van der Waals surface area contributed by atoms with Crippen molar-refractivity contribution in [2.24, 2.45) is 5.92 Å². The number of ether oxygens (including phenoxy) is 5. The van der Waals surface area contributed by atoms with Crippen LogP contribution in [0.4, 0.5) is 11.6 Å². The number of carboxylic acid groups (broad SMARTS) is 1. The molecular formula is C56H74N8O17S2. The van der Waals surface area contributed by atoms with Crippen LogP contribution < -0.4 is 27.2 Å². The summed E-state index contributed by atoms with van der Waals surface area (Å²) in [5, 5.41) is 42.7. The van der Waals surface area contributed by atoms with Crippen LogP contribution in [0.3, 0.4) is 0 Å². The molecule has 2 amide bonds. The van der Waals surface area contributed by atoms with Gasteiger partial charge in [-0.3, -0.25) is 33.8 Å². The first-order chi connectivity index (χ1) is 39.3. The highest BCUT2D eigenvalue weighted by atomic mass is 33.1. The summed E-state index contributed by atoms with van der Waals surface area (Å²) in [4.78, 5) is 132. The third kappa shape index (κ3) is 16.0. The number of carbonyl (C=O) groups is 8. The van der Waals surface area contributed by atoms with E-state index in [9.17, 15) is 58.5 Å². The van der Waals surface area contributed by atoms with Gasteiger partial charge in [-0.25, -0.2) is 24.4 Å². The number of allylic oxidation sites excluding steroid dienone is 1. The molecule has 9 atom stereocenters. The van der Waals surface area contributed by atoms with Crippen molar-refractivity contribution in [3.05, 3.63) is 74.9 Å². The third-order valence-corrected chi connectivity index (χ3v) is 17.4. The Morgan fingerprint density at radius 2 is 1.59 bits per heavy atom. The number of nitrogens with two attached hydrogens (primary N) is 1. The molecule has 9 N–H and O–H groups in total. The number of amides is 2. The second-order valence-electron chi connectivity index (χ2n) is 21.1. The molecule has 6 rings (SSSR count). The van der Waals surface area contributed by atoms with E-state index in [-0.39, 0.29) is 78.2 Å². The highest BCUT2D eigenvalue weighted by Crippen LogP contribution is 2.57. The smallest absolute Gasteiger partial charge is 0.341 e. The molecule has 2 aromatic heterocycles. The number of fused-ring (bicyclic) bond motifs is 4. The highest BCUT2D eigenvalue weighted by Gasteiger charge is 2.76. The first-order valence-corrected chi connectivity index (χ1v) is 30.0. The zero-order valence-corrected chi connectivity index (χ0v) is 49.2. The fourth-order valence-electron chi connectivity index (χ4n) is 10.3. The SMILES string of the molecule is C/C=C(/C)C(=O)O[C@H]1C(C)=C2C([C@@H]1OC(=O)CCCCCCC)[C@@](C)(OC(C)=O)C[C@H](OC(=O)CCCSSCCCNC(=O)CC[C@H](NC(=O)c1ccc(NCc3cnc4nc(N)[nH]c(=O)c4n3)cc1)C(=O)O)[C@@]1(O)[C@H]2OC(=O)[C@@]1(C)O. The van der Waals surface area contributed by atoms with E-state index in [0.717, 1.165) is 39.5 Å². The number of unbranched alkanes of at least 4 members (excludes halogenated alkanes) is 4. The Bertz CT molecular complexity index is 3030. The van der Waals surface area contributed by atoms with Gasteiger partial charge in [0.25, 0.3) is 11.5 Å². The number of carbonyl (C=O) groups excluding carboxylic acids is 7. The molecule has 3 aromatic rings. The Morgan fingerprint density at radius 3 is 2.27 bits per heavy atom. The fraction of sp³-hybridized carbons (Fsp3) is 0.571. The number of nitrogens with zero attached hydrogens (tertiary/aromatic N) is 3. The molecule has 1 saturated heterocycles. The molecule has 25 nitrogen and oxygen atoms in total. The zero-order chi connectivity index (χ0) is 60.8. The van der Waals surface area contributed by atoms with E-state index < -0.39 is 113 Å². The van der Waals surface area contributed by atoms with Gasteiger partial charge in [-0.1, -0.05) is 60.3 Å². The molecule has 2 fully saturated rings. The lowest BCUT2D eigenvalue weighted by molar-refractivity contribution is -0.212. The van der Waals surface area contributed by atoms with E-state index in [4.69, 9.17) is 29.4 Å². The van der Waals surface area contributed by atoms with Gasteiger partial charge in [0, 0.05) is 67.5 Å². The summed E-state index contributed by atoms with van der Waals surface area (Å²) in [5.41, 5.74) is -0.275. The molecule has 83 heavy (non-hydrogen) atoms. The van der Waals surface area contributed by atoms with Gasteiger partial charge in [0.2, 0.25) is 11.9 Å². The highest BCUT2D eigenvalue weighted by molar-refractivity contribution is 8.76. The monoisotopic (exact) mass is 1190 g/mol. The second-order valence-corrected chi connectivity index (χ2v) is 23.8. The van der Waals surface area contributed by atoms with E-state index in [0.29, 0.717) is 42.1 Å². The van der Waals surface area contributed by atoms with Crippen LogP contribution in [0, 0.1) is 5.92 Å². The van der Waals surface area contributed by atoms with Gasteiger partial charge in [-0.15, -0.1) is 0 Å². The lowest BCUT2D eigenvalue weighted by Gasteiger charge is -2.41. The van der Waals surface area contributed by atoms with Gasteiger partial charge in [-0.05, 0) is 95.7 Å². The topological polar surface area (TPSA) is 377 Å². The van der Waals surface area contributed by atoms with Crippen LogP contribution in [0.5, 0.6) is 0 Å². The Labute approximate surface area is 487 Å². The Morgan fingerprint density at radius 1 is 0.916 bits per heavy atom. The maximum absolute atomic E-state index is 13.7. The van der Waals surface area contributed by atoms with Gasteiger partial charge in [-0.2, -0.15) is 4.98 Å². The number of carboxylic acids is 1. The number of rotatable bonds is 29. The predicted molar refractivity (Wildman–Crippen MR) is 305 cm³/mol. The molecule has 27 heteroatoms. The number of aliphatic carboxylic acids is 1. The van der Waals surface area contributed by atoms with Gasteiger partial charge in [0.1, 0.15) is 17.7 Å². The zero-order valence-electron chi connectivity index (χ0n) is 47.5. The summed E-state index contributed by atoms with van der Waals surface area (Å²) < 4.78 is 29.9. The molecule has 1 aromatic carbocycles. The van der Waals surface area contributed by atoms with Gasteiger partial charge < -0.3 is 60.7 Å². The van der Waals surface area contributed by atoms with Crippen molar-refractivity contribution in [3.8, 4) is 0 Å². The van der Waals surface area contributed by atoms with Crippen LogP contribution in [0.1, 0.15) is 142 Å². The maximum atomic E-state index is 13.7. The van der Waals surface area contributed by atoms with E-state index in [1.807, 2.05) is 0 Å². The molecule has 1 unspecified atom stereocenters. The number of anilines is 2. The number of nitrogen functional groups attached to an aromatic ring is 1. The number of H-pyrrole nitrogens is 1. The predicted octanol–water partition coefficient (Wildman–Crippen LogP) is 4.68. The number of aromatic nitrogens is 4. The van der Waals surface area contributed by atoms with Crippen molar-refractivity contribution in [3.63, 3.8) is 0 Å². The van der Waals surface area contributed by atoms with Crippen LogP contribution in [-0.4, -0.2) is 148 Å². The normalized spacial score (nSPS) is 24.1. The number of benzene rings is 1. The number of aromatic amines is 1. The summed E-state index contributed by atoms with van der Waals surface area (Å²) in [5.74, 6) is -6.84. The molecule has 452 valence electrons. The number of nitrogens with one attached hydrogen (secondary N) is 4. The molecular weight excluding hydrogens is 1120 g/mol. The summed E-state index contributed by atoms with van der Waals surface area (Å²) in [7, 11) is 2.93. The molecule has 3 aliphatic rings. The minimum Gasteiger partial charge on any atom is -0.480 e. The van der Waals surface area contributed by atoms with Gasteiger partial charge >= 0.3 is 35.8 Å². The first kappa shape index (κ1) is 65.1. The van der Waals surface area contributed by atoms with Crippen molar-refractivity contribution in [2.45, 2.75) is 179 Å². The van der Waals surface area contributed by atoms with Crippen molar-refractivity contribution in [1.29, 1.82) is 0 Å². The van der Waals surface area contributed by atoms with E-state index in [2.05, 4.69) is 42.8 Å². The average molecular weight is 1200 g/mol. The lowest BCUT2D eigenvalue weighted by Crippen LogP contribution is -2.64. The molecule has 3 heterocycles. The van der Waals surface area contributed by atoms with Crippen molar-refractivity contribution < 1.29 is 77.4 Å². The molecule has 2 aliphatic carbocycles. The van der Waals surface area contributed by atoms with E-state index in [1.54, 1.807) is 26.0 Å². The lowest BCUT2D eigenvalue weighted by atomic mass is 9.75. The van der Waals surface area contributed by atoms with E-state index in [1.165, 1.54) is 59.8 Å². The van der Waals surface area contributed by atoms with Crippen LogP contribution in [0.25, 0.3) is 11.2 Å². The summed E-state index contributed by atoms with van der Waals surface area (Å²) >= 11 is 0. The van der Waals surface area contributed by atoms with Crippen molar-refractivity contribution in [1.82, 2.24) is 30.6 Å². The average Bonchev–Trinajstić information content (AvgIpc) is 1.71. The Balaban J connectivity index is 0.970.